The fraction of sp³-hybridized carbons (Fsp3) is 0.929. The minimum atomic E-state index is -0.406. The summed E-state index contributed by atoms with van der Waals surface area (Å²) in [5.74, 6) is 0. The minimum Gasteiger partial charge on any atom is -0.444 e. The van der Waals surface area contributed by atoms with Crippen molar-refractivity contribution in [2.75, 3.05) is 13.1 Å². The van der Waals surface area contributed by atoms with Crippen molar-refractivity contribution in [3.63, 3.8) is 0 Å². The number of piperidine rings is 1. The standard InChI is InChI=1S/C14H28N2O2/c1-14(2,3)18-13(17)16-11-7-5-9-12(16)8-4-6-10-15/h12H,4-11,15H2,1-3H3. The quantitative estimate of drug-likeness (QED) is 0.787. The third kappa shape index (κ3) is 5.25. The first-order valence-corrected chi connectivity index (χ1v) is 7.14. The summed E-state index contributed by atoms with van der Waals surface area (Å²) < 4.78 is 5.48. The molecule has 0 aromatic carbocycles. The lowest BCUT2D eigenvalue weighted by Gasteiger charge is -2.36. The zero-order chi connectivity index (χ0) is 13.6. The smallest absolute Gasteiger partial charge is 0.410 e. The van der Waals surface area contributed by atoms with E-state index in [-0.39, 0.29) is 6.09 Å². The molecule has 1 rings (SSSR count). The Kier molecular flexibility index (Phi) is 5.93. The van der Waals surface area contributed by atoms with Crippen LogP contribution < -0.4 is 5.73 Å². The van der Waals surface area contributed by atoms with Gasteiger partial charge in [0.15, 0.2) is 0 Å². The highest BCUT2D eigenvalue weighted by atomic mass is 16.6. The van der Waals surface area contributed by atoms with Gasteiger partial charge >= 0.3 is 6.09 Å². The molecule has 1 unspecified atom stereocenters. The molecule has 1 amide bonds. The van der Waals surface area contributed by atoms with Gasteiger partial charge in [-0.15, -0.1) is 0 Å². The molecule has 1 aliphatic heterocycles. The van der Waals surface area contributed by atoms with E-state index in [1.54, 1.807) is 0 Å². The van der Waals surface area contributed by atoms with E-state index in [2.05, 4.69) is 0 Å². The van der Waals surface area contributed by atoms with E-state index >= 15 is 0 Å². The third-order valence-electron chi connectivity index (χ3n) is 3.25. The summed E-state index contributed by atoms with van der Waals surface area (Å²) in [4.78, 5) is 14.1. The monoisotopic (exact) mass is 256 g/mol. The fourth-order valence-corrected chi connectivity index (χ4v) is 2.39. The lowest BCUT2D eigenvalue weighted by molar-refractivity contribution is 0.00862. The number of likely N-dealkylation sites (tertiary alicyclic amines) is 1. The summed E-state index contributed by atoms with van der Waals surface area (Å²) in [5, 5.41) is 0. The highest BCUT2D eigenvalue weighted by Gasteiger charge is 2.29. The Morgan fingerprint density at radius 1 is 1.33 bits per heavy atom. The largest absolute Gasteiger partial charge is 0.444 e. The second-order valence-corrected chi connectivity index (χ2v) is 6.11. The van der Waals surface area contributed by atoms with Gasteiger partial charge in [-0.3, -0.25) is 0 Å². The minimum absolute atomic E-state index is 0.153. The van der Waals surface area contributed by atoms with E-state index in [1.807, 2.05) is 25.7 Å². The van der Waals surface area contributed by atoms with Crippen molar-refractivity contribution in [3.05, 3.63) is 0 Å². The second-order valence-electron chi connectivity index (χ2n) is 6.11. The van der Waals surface area contributed by atoms with Crippen molar-refractivity contribution >= 4 is 6.09 Å². The number of nitrogens with two attached hydrogens (primary N) is 1. The molecule has 1 saturated heterocycles. The van der Waals surface area contributed by atoms with Crippen LogP contribution in [-0.4, -0.2) is 35.7 Å². The molecule has 0 radical (unpaired) electrons. The Labute approximate surface area is 111 Å². The van der Waals surface area contributed by atoms with E-state index in [1.165, 1.54) is 6.42 Å². The van der Waals surface area contributed by atoms with Crippen LogP contribution in [0.4, 0.5) is 4.79 Å². The van der Waals surface area contributed by atoms with Gasteiger partial charge in [0, 0.05) is 12.6 Å². The molecule has 0 aromatic heterocycles. The molecule has 0 bridgehead atoms. The fourth-order valence-electron chi connectivity index (χ4n) is 2.39. The van der Waals surface area contributed by atoms with Crippen LogP contribution in [0.1, 0.15) is 59.3 Å². The maximum atomic E-state index is 12.1. The Morgan fingerprint density at radius 2 is 2.06 bits per heavy atom. The van der Waals surface area contributed by atoms with Crippen LogP contribution in [0.2, 0.25) is 0 Å². The molecule has 2 N–H and O–H groups in total. The van der Waals surface area contributed by atoms with Crippen LogP contribution >= 0.6 is 0 Å². The normalized spacial score (nSPS) is 20.9. The van der Waals surface area contributed by atoms with Gasteiger partial charge in [-0.05, 0) is 59.4 Å². The summed E-state index contributed by atoms with van der Waals surface area (Å²) in [6, 6.07) is 0.347. The van der Waals surface area contributed by atoms with Gasteiger partial charge in [0.05, 0.1) is 0 Å². The lowest BCUT2D eigenvalue weighted by atomic mass is 9.97. The van der Waals surface area contributed by atoms with Crippen molar-refractivity contribution in [1.29, 1.82) is 0 Å². The molecule has 0 aliphatic carbocycles. The first-order chi connectivity index (χ1) is 8.44. The van der Waals surface area contributed by atoms with E-state index in [4.69, 9.17) is 10.5 Å². The van der Waals surface area contributed by atoms with Gasteiger partial charge < -0.3 is 15.4 Å². The first-order valence-electron chi connectivity index (χ1n) is 7.14. The molecule has 18 heavy (non-hydrogen) atoms. The SMILES string of the molecule is CC(C)(C)OC(=O)N1CCCCC1CCCCN. The van der Waals surface area contributed by atoms with E-state index in [0.29, 0.717) is 6.04 Å². The van der Waals surface area contributed by atoms with Crippen molar-refractivity contribution < 1.29 is 9.53 Å². The highest BCUT2D eigenvalue weighted by molar-refractivity contribution is 5.68. The summed E-state index contributed by atoms with van der Waals surface area (Å²) in [6.07, 6.45) is 6.44. The average molecular weight is 256 g/mol. The molecule has 0 saturated carbocycles. The van der Waals surface area contributed by atoms with Gasteiger partial charge in [-0.1, -0.05) is 6.42 Å². The number of hydrogen-bond acceptors (Lipinski definition) is 3. The van der Waals surface area contributed by atoms with Crippen LogP contribution in [0.25, 0.3) is 0 Å². The number of ether oxygens (including phenoxy) is 1. The van der Waals surface area contributed by atoms with Crippen molar-refractivity contribution in [2.45, 2.75) is 70.9 Å². The number of carbonyl (C=O) groups excluding carboxylic acids is 1. The van der Waals surface area contributed by atoms with Crippen molar-refractivity contribution in [1.82, 2.24) is 4.90 Å². The number of unbranched alkanes of at least 4 members (excludes halogenated alkanes) is 1. The summed E-state index contributed by atoms with van der Waals surface area (Å²) in [5.41, 5.74) is 5.11. The Morgan fingerprint density at radius 3 is 2.67 bits per heavy atom. The molecular formula is C14H28N2O2. The molecule has 1 aliphatic rings. The van der Waals surface area contributed by atoms with Gasteiger partial charge in [0.1, 0.15) is 5.60 Å². The van der Waals surface area contributed by atoms with Gasteiger partial charge in [-0.25, -0.2) is 4.79 Å². The average Bonchev–Trinajstić information content (AvgIpc) is 2.27. The van der Waals surface area contributed by atoms with E-state index in [9.17, 15) is 4.79 Å². The molecule has 4 heteroatoms. The number of hydrogen-bond donors (Lipinski definition) is 1. The zero-order valence-corrected chi connectivity index (χ0v) is 12.1. The highest BCUT2D eigenvalue weighted by Crippen LogP contribution is 2.23. The van der Waals surface area contributed by atoms with Crippen LogP contribution in [-0.2, 0) is 4.74 Å². The van der Waals surface area contributed by atoms with Crippen molar-refractivity contribution in [3.8, 4) is 0 Å². The first kappa shape index (κ1) is 15.3. The zero-order valence-electron chi connectivity index (χ0n) is 12.1. The summed E-state index contributed by atoms with van der Waals surface area (Å²) in [7, 11) is 0. The Bertz CT molecular complexity index is 261. The predicted molar refractivity (Wildman–Crippen MR) is 73.5 cm³/mol. The van der Waals surface area contributed by atoms with Crippen molar-refractivity contribution in [2.24, 2.45) is 5.73 Å². The topological polar surface area (TPSA) is 55.6 Å². The van der Waals surface area contributed by atoms with Crippen LogP contribution in [0.3, 0.4) is 0 Å². The molecule has 4 nitrogen and oxygen atoms in total. The number of amides is 1. The molecular weight excluding hydrogens is 228 g/mol. The molecule has 106 valence electrons. The van der Waals surface area contributed by atoms with Gasteiger partial charge in [0.2, 0.25) is 0 Å². The lowest BCUT2D eigenvalue weighted by Crippen LogP contribution is -2.46. The summed E-state index contributed by atoms with van der Waals surface area (Å²) >= 11 is 0. The van der Waals surface area contributed by atoms with Crippen LogP contribution in [0.5, 0.6) is 0 Å². The maximum Gasteiger partial charge on any atom is 0.410 e. The predicted octanol–water partition coefficient (Wildman–Crippen LogP) is 2.91. The Hall–Kier alpha value is -0.770. The van der Waals surface area contributed by atoms with E-state index in [0.717, 1.165) is 45.2 Å². The summed E-state index contributed by atoms with van der Waals surface area (Å²) in [6.45, 7) is 7.32. The Balaban J connectivity index is 2.50. The molecule has 1 atom stereocenters. The number of rotatable bonds is 4. The number of nitrogens with zero attached hydrogens (tertiary/aromatic N) is 1. The maximum absolute atomic E-state index is 12.1. The van der Waals surface area contributed by atoms with Crippen LogP contribution in [0.15, 0.2) is 0 Å². The number of carbonyl (C=O) groups is 1. The molecule has 1 fully saturated rings. The molecule has 1 heterocycles. The van der Waals surface area contributed by atoms with Gasteiger partial charge in [-0.2, -0.15) is 0 Å². The van der Waals surface area contributed by atoms with Crippen LogP contribution in [0, 0.1) is 0 Å². The third-order valence-corrected chi connectivity index (χ3v) is 3.25. The van der Waals surface area contributed by atoms with E-state index < -0.39 is 5.60 Å². The molecule has 0 spiro atoms. The van der Waals surface area contributed by atoms with Gasteiger partial charge in [0.25, 0.3) is 0 Å². The molecule has 0 aromatic rings. The second kappa shape index (κ2) is 6.98.